The van der Waals surface area contributed by atoms with E-state index < -0.39 is 16.1 Å². The highest BCUT2D eigenvalue weighted by molar-refractivity contribution is 7.88. The van der Waals surface area contributed by atoms with E-state index >= 15 is 0 Å². The number of carbonyl (C=O) groups is 1. The van der Waals surface area contributed by atoms with Gasteiger partial charge < -0.3 is 9.64 Å². The Balaban J connectivity index is 1.48. The van der Waals surface area contributed by atoms with E-state index in [1.54, 1.807) is 23.2 Å². The number of methoxy groups -OCH3 is 1. The van der Waals surface area contributed by atoms with Crippen molar-refractivity contribution in [1.82, 2.24) is 14.6 Å². The Kier molecular flexibility index (Phi) is 7.41. The number of amides is 1. The molecule has 1 N–H and O–H groups in total. The largest absolute Gasteiger partial charge is 0.367 e. The minimum atomic E-state index is -3.50. The van der Waals surface area contributed by atoms with E-state index in [1.807, 2.05) is 55.5 Å². The van der Waals surface area contributed by atoms with Gasteiger partial charge in [-0.15, -0.1) is 0 Å². The fourth-order valence-electron chi connectivity index (χ4n) is 4.34. The number of pyridine rings is 1. The summed E-state index contributed by atoms with van der Waals surface area (Å²) >= 11 is 0. The fourth-order valence-corrected chi connectivity index (χ4v) is 5.44. The number of fused-ring (bicyclic) bond motifs is 1. The van der Waals surface area contributed by atoms with Crippen molar-refractivity contribution in [3.05, 3.63) is 100 Å². The van der Waals surface area contributed by atoms with Gasteiger partial charge in [0.1, 0.15) is 0 Å². The van der Waals surface area contributed by atoms with Crippen LogP contribution in [-0.4, -0.2) is 37.9 Å². The molecule has 0 aliphatic carbocycles. The van der Waals surface area contributed by atoms with Gasteiger partial charge in [0.2, 0.25) is 10.0 Å². The number of aromatic nitrogens is 1. The van der Waals surface area contributed by atoms with Crippen molar-refractivity contribution >= 4 is 15.9 Å². The van der Waals surface area contributed by atoms with Gasteiger partial charge in [-0.2, -0.15) is 0 Å². The highest BCUT2D eigenvalue weighted by Gasteiger charge is 2.30. The molecule has 8 heteroatoms. The summed E-state index contributed by atoms with van der Waals surface area (Å²) in [5, 5.41) is 0. The summed E-state index contributed by atoms with van der Waals surface area (Å²) in [6.07, 6.45) is 1.76. The van der Waals surface area contributed by atoms with Gasteiger partial charge in [0, 0.05) is 38.6 Å². The standard InChI is InChI=1S/C26H29N3O4S/c1-19-24(16-28-34(31,32)18-20-9-5-3-6-10-20)23-13-14-29(17-22(23)15-27-19)26(30)25(33-2)21-11-7-4-8-12-21/h3-12,15,25,28H,13-14,16-18H2,1-2H3. The SMILES string of the molecule is COC(C(=O)N1CCc2c(cnc(C)c2CNS(=O)(=O)Cc2ccccc2)C1)c1ccccc1. The first-order valence-corrected chi connectivity index (χ1v) is 12.9. The molecule has 3 aromatic rings. The Bertz CT molecular complexity index is 1250. The van der Waals surface area contributed by atoms with Crippen LogP contribution in [0.2, 0.25) is 0 Å². The lowest BCUT2D eigenvalue weighted by molar-refractivity contribution is -0.143. The summed E-state index contributed by atoms with van der Waals surface area (Å²) < 4.78 is 33.5. The lowest BCUT2D eigenvalue weighted by atomic mass is 9.94. The molecule has 4 rings (SSSR count). The molecular formula is C26H29N3O4S. The maximum Gasteiger partial charge on any atom is 0.256 e. The van der Waals surface area contributed by atoms with Crippen LogP contribution in [0.1, 0.15) is 39.6 Å². The van der Waals surface area contributed by atoms with Crippen molar-refractivity contribution in [1.29, 1.82) is 0 Å². The maximum absolute atomic E-state index is 13.2. The number of aryl methyl sites for hydroxylation is 1. The number of rotatable bonds is 8. The molecule has 1 unspecified atom stereocenters. The Hall–Kier alpha value is -3.07. The van der Waals surface area contributed by atoms with Gasteiger partial charge in [-0.3, -0.25) is 9.78 Å². The van der Waals surface area contributed by atoms with Gasteiger partial charge in [-0.05, 0) is 41.2 Å². The summed E-state index contributed by atoms with van der Waals surface area (Å²) in [6.45, 7) is 3.01. The predicted octanol–water partition coefficient (Wildman–Crippen LogP) is 3.28. The molecule has 1 aliphatic heterocycles. The molecule has 0 spiro atoms. The van der Waals surface area contributed by atoms with Crippen LogP contribution in [0, 0.1) is 6.92 Å². The van der Waals surface area contributed by atoms with Gasteiger partial charge in [-0.1, -0.05) is 60.7 Å². The first kappa shape index (κ1) is 24.1. The summed E-state index contributed by atoms with van der Waals surface area (Å²) in [6, 6.07) is 18.5. The van der Waals surface area contributed by atoms with Crippen molar-refractivity contribution in [3.8, 4) is 0 Å². The third kappa shape index (κ3) is 5.52. The Morgan fingerprint density at radius 3 is 2.47 bits per heavy atom. The first-order valence-electron chi connectivity index (χ1n) is 11.2. The number of hydrogen-bond donors (Lipinski definition) is 1. The van der Waals surface area contributed by atoms with Crippen LogP contribution in [0.15, 0.2) is 66.9 Å². The molecule has 0 saturated heterocycles. The Labute approximate surface area is 200 Å². The molecule has 0 fully saturated rings. The second kappa shape index (κ2) is 10.5. The molecule has 34 heavy (non-hydrogen) atoms. The third-order valence-corrected chi connectivity index (χ3v) is 7.44. The molecule has 2 aromatic carbocycles. The average Bonchev–Trinajstić information content (AvgIpc) is 2.84. The molecule has 0 bridgehead atoms. The number of ether oxygens (including phenoxy) is 1. The van der Waals surface area contributed by atoms with Crippen LogP contribution in [0.3, 0.4) is 0 Å². The highest BCUT2D eigenvalue weighted by atomic mass is 32.2. The molecule has 0 saturated carbocycles. The van der Waals surface area contributed by atoms with Crippen LogP contribution in [0.25, 0.3) is 0 Å². The third-order valence-electron chi connectivity index (χ3n) is 6.14. The Morgan fingerprint density at radius 1 is 1.12 bits per heavy atom. The number of hydrogen-bond acceptors (Lipinski definition) is 5. The smallest absolute Gasteiger partial charge is 0.256 e. The molecule has 1 amide bonds. The minimum Gasteiger partial charge on any atom is -0.367 e. The zero-order valence-corrected chi connectivity index (χ0v) is 20.2. The summed E-state index contributed by atoms with van der Waals surface area (Å²) in [5.74, 6) is -0.166. The second-order valence-electron chi connectivity index (χ2n) is 8.43. The first-order chi connectivity index (χ1) is 16.4. The van der Waals surface area contributed by atoms with E-state index in [2.05, 4.69) is 9.71 Å². The number of nitrogens with zero attached hydrogens (tertiary/aromatic N) is 2. The minimum absolute atomic E-state index is 0.0739. The monoisotopic (exact) mass is 479 g/mol. The van der Waals surface area contributed by atoms with Crippen LogP contribution < -0.4 is 4.72 Å². The van der Waals surface area contributed by atoms with E-state index in [9.17, 15) is 13.2 Å². The summed E-state index contributed by atoms with van der Waals surface area (Å²) in [7, 11) is -1.96. The Morgan fingerprint density at radius 2 is 1.79 bits per heavy atom. The lowest BCUT2D eigenvalue weighted by Crippen LogP contribution is -2.40. The van der Waals surface area contributed by atoms with Crippen molar-refractivity contribution in [3.63, 3.8) is 0 Å². The lowest BCUT2D eigenvalue weighted by Gasteiger charge is -2.32. The number of sulfonamides is 1. The number of nitrogens with one attached hydrogen (secondary N) is 1. The second-order valence-corrected chi connectivity index (χ2v) is 10.2. The summed E-state index contributed by atoms with van der Waals surface area (Å²) in [4.78, 5) is 19.5. The van der Waals surface area contributed by atoms with Crippen molar-refractivity contribution in [2.75, 3.05) is 13.7 Å². The summed E-state index contributed by atoms with van der Waals surface area (Å²) in [5.41, 5.74) is 5.22. The van der Waals surface area contributed by atoms with Crippen LogP contribution in [0.4, 0.5) is 0 Å². The molecule has 1 aromatic heterocycles. The van der Waals surface area contributed by atoms with Crippen LogP contribution in [0.5, 0.6) is 0 Å². The van der Waals surface area contributed by atoms with Crippen molar-refractivity contribution < 1.29 is 17.9 Å². The maximum atomic E-state index is 13.2. The van der Waals surface area contributed by atoms with Gasteiger partial charge in [0.25, 0.3) is 5.91 Å². The number of benzene rings is 2. The molecule has 178 valence electrons. The fraction of sp³-hybridized carbons (Fsp3) is 0.308. The zero-order valence-electron chi connectivity index (χ0n) is 19.4. The molecule has 1 aliphatic rings. The van der Waals surface area contributed by atoms with Crippen LogP contribution in [-0.2, 0) is 44.8 Å². The van der Waals surface area contributed by atoms with Gasteiger partial charge in [-0.25, -0.2) is 13.1 Å². The van der Waals surface area contributed by atoms with E-state index in [0.29, 0.717) is 19.5 Å². The topological polar surface area (TPSA) is 88.6 Å². The van der Waals surface area contributed by atoms with E-state index in [1.165, 1.54) is 7.11 Å². The molecular weight excluding hydrogens is 450 g/mol. The molecule has 7 nitrogen and oxygen atoms in total. The highest BCUT2D eigenvalue weighted by Crippen LogP contribution is 2.27. The van der Waals surface area contributed by atoms with E-state index in [4.69, 9.17) is 4.74 Å². The normalized spacial score (nSPS) is 14.5. The van der Waals surface area contributed by atoms with Gasteiger partial charge in [0.05, 0.1) is 5.75 Å². The van der Waals surface area contributed by atoms with Crippen molar-refractivity contribution in [2.24, 2.45) is 0 Å². The van der Waals surface area contributed by atoms with Gasteiger partial charge >= 0.3 is 0 Å². The molecule has 1 atom stereocenters. The average molecular weight is 480 g/mol. The molecule has 0 radical (unpaired) electrons. The van der Waals surface area contributed by atoms with E-state index in [-0.39, 0.29) is 18.2 Å². The van der Waals surface area contributed by atoms with Crippen molar-refractivity contribution in [2.45, 2.75) is 38.3 Å². The van der Waals surface area contributed by atoms with E-state index in [0.717, 1.165) is 33.5 Å². The van der Waals surface area contributed by atoms with Gasteiger partial charge in [0.15, 0.2) is 6.10 Å². The van der Waals surface area contributed by atoms with Crippen LogP contribution >= 0.6 is 0 Å². The quantitative estimate of drug-likeness (QED) is 0.536. The number of carbonyl (C=O) groups excluding carboxylic acids is 1. The molecule has 2 heterocycles. The predicted molar refractivity (Wildman–Crippen MR) is 130 cm³/mol. The zero-order chi connectivity index (χ0) is 24.1.